The van der Waals surface area contributed by atoms with E-state index in [0.717, 1.165) is 5.01 Å². The molecule has 0 unspecified atom stereocenters. The van der Waals surface area contributed by atoms with Crippen molar-refractivity contribution in [2.24, 2.45) is 0 Å². The maximum atomic E-state index is 12.9. The topological polar surface area (TPSA) is 78.5 Å². The van der Waals surface area contributed by atoms with Gasteiger partial charge in [-0.05, 0) is 23.6 Å². The molecular formula is C19H18ClN3O3. The molecule has 4 amide bonds. The van der Waals surface area contributed by atoms with Gasteiger partial charge in [0.25, 0.3) is 5.91 Å². The highest BCUT2D eigenvalue weighted by molar-refractivity contribution is 6.31. The fourth-order valence-corrected chi connectivity index (χ4v) is 3.22. The molecule has 1 aliphatic heterocycles. The van der Waals surface area contributed by atoms with Crippen LogP contribution in [0.3, 0.4) is 0 Å². The first-order valence-corrected chi connectivity index (χ1v) is 8.61. The van der Waals surface area contributed by atoms with Gasteiger partial charge in [-0.3, -0.25) is 15.0 Å². The van der Waals surface area contributed by atoms with Gasteiger partial charge >= 0.3 is 6.03 Å². The molecule has 2 N–H and O–H groups in total. The second-order valence-electron chi connectivity index (χ2n) is 6.00. The number of rotatable bonds is 5. The predicted molar refractivity (Wildman–Crippen MR) is 97.1 cm³/mol. The number of urea groups is 1. The zero-order chi connectivity index (χ0) is 18.7. The Labute approximate surface area is 156 Å². The number of nitrogens with zero attached hydrogens (tertiary/aromatic N) is 1. The van der Waals surface area contributed by atoms with Crippen molar-refractivity contribution in [1.29, 1.82) is 0 Å². The van der Waals surface area contributed by atoms with Gasteiger partial charge in [0.1, 0.15) is 5.54 Å². The fraction of sp³-hybridized carbons (Fsp3) is 0.211. The quantitative estimate of drug-likeness (QED) is 0.793. The minimum Gasteiger partial charge on any atom is -0.318 e. The average Bonchev–Trinajstić information content (AvgIpc) is 2.89. The van der Waals surface area contributed by atoms with Crippen LogP contribution in [0.1, 0.15) is 24.5 Å². The monoisotopic (exact) mass is 371 g/mol. The van der Waals surface area contributed by atoms with E-state index in [0.29, 0.717) is 22.6 Å². The second kappa shape index (κ2) is 7.17. The lowest BCUT2D eigenvalue weighted by Gasteiger charge is -2.25. The maximum Gasteiger partial charge on any atom is 0.344 e. The van der Waals surface area contributed by atoms with Gasteiger partial charge in [0.2, 0.25) is 5.91 Å². The molecule has 0 spiro atoms. The van der Waals surface area contributed by atoms with Crippen LogP contribution in [0.5, 0.6) is 0 Å². The minimum absolute atomic E-state index is 0.0405. The normalized spacial score (nSPS) is 19.4. The van der Waals surface area contributed by atoms with E-state index in [1.54, 1.807) is 55.5 Å². The standard InChI is InChI=1S/C19H18ClN3O3/c1-2-19(14-9-4-3-5-10-14)17(25)23(18(26)21-19)22-16(24)12-13-8-6-7-11-15(13)20/h3-11H,2,12H2,1H3,(H,21,26)(H,22,24)/t19-/m0/s1. The highest BCUT2D eigenvalue weighted by Crippen LogP contribution is 2.31. The summed E-state index contributed by atoms with van der Waals surface area (Å²) in [6, 6.07) is 15.2. The Hall–Kier alpha value is -2.86. The molecule has 1 heterocycles. The molecule has 0 bridgehead atoms. The Kier molecular flexibility index (Phi) is 4.95. The molecule has 1 atom stereocenters. The molecule has 2 aromatic carbocycles. The van der Waals surface area contributed by atoms with E-state index in [1.165, 1.54) is 0 Å². The molecular weight excluding hydrogens is 354 g/mol. The number of imide groups is 1. The fourth-order valence-electron chi connectivity index (χ4n) is 3.02. The Balaban J connectivity index is 1.79. The molecule has 1 saturated heterocycles. The van der Waals surface area contributed by atoms with Gasteiger partial charge < -0.3 is 5.32 Å². The van der Waals surface area contributed by atoms with Crippen LogP contribution >= 0.6 is 11.6 Å². The van der Waals surface area contributed by atoms with Crippen LogP contribution in [0.4, 0.5) is 4.79 Å². The summed E-state index contributed by atoms with van der Waals surface area (Å²) in [4.78, 5) is 37.6. The minimum atomic E-state index is -1.18. The van der Waals surface area contributed by atoms with Gasteiger partial charge in [0, 0.05) is 5.02 Å². The molecule has 6 nitrogen and oxygen atoms in total. The van der Waals surface area contributed by atoms with Crippen LogP contribution in [0.2, 0.25) is 5.02 Å². The summed E-state index contributed by atoms with van der Waals surface area (Å²) in [6.07, 6.45) is 0.319. The van der Waals surface area contributed by atoms with Gasteiger partial charge in [-0.15, -0.1) is 0 Å². The smallest absolute Gasteiger partial charge is 0.318 e. The summed E-state index contributed by atoms with van der Waals surface area (Å²) in [6.45, 7) is 1.81. The van der Waals surface area contributed by atoms with Crippen LogP contribution in [0.15, 0.2) is 54.6 Å². The van der Waals surface area contributed by atoms with Crippen molar-refractivity contribution in [1.82, 2.24) is 15.8 Å². The van der Waals surface area contributed by atoms with Crippen molar-refractivity contribution in [3.63, 3.8) is 0 Å². The van der Waals surface area contributed by atoms with Crippen molar-refractivity contribution in [2.75, 3.05) is 0 Å². The lowest BCUT2D eigenvalue weighted by atomic mass is 9.87. The van der Waals surface area contributed by atoms with Gasteiger partial charge in [-0.25, -0.2) is 4.79 Å². The van der Waals surface area contributed by atoms with Crippen molar-refractivity contribution in [3.05, 3.63) is 70.7 Å². The van der Waals surface area contributed by atoms with Crippen LogP contribution in [0, 0.1) is 0 Å². The summed E-state index contributed by atoms with van der Waals surface area (Å²) in [7, 11) is 0. The Morgan fingerprint density at radius 1 is 1.12 bits per heavy atom. The number of hydrogen-bond donors (Lipinski definition) is 2. The van der Waals surface area contributed by atoms with Gasteiger partial charge in [0.05, 0.1) is 6.42 Å². The van der Waals surface area contributed by atoms with Crippen LogP contribution < -0.4 is 10.7 Å². The van der Waals surface area contributed by atoms with Crippen LogP contribution in [-0.2, 0) is 21.5 Å². The summed E-state index contributed by atoms with van der Waals surface area (Å²) in [5.74, 6) is -1.01. The largest absolute Gasteiger partial charge is 0.344 e. The number of hydrazine groups is 1. The van der Waals surface area contributed by atoms with E-state index in [4.69, 9.17) is 11.6 Å². The zero-order valence-electron chi connectivity index (χ0n) is 14.2. The molecule has 0 radical (unpaired) electrons. The lowest BCUT2D eigenvalue weighted by molar-refractivity contribution is -0.139. The molecule has 0 aromatic heterocycles. The number of carbonyl (C=O) groups excluding carboxylic acids is 3. The molecule has 7 heteroatoms. The lowest BCUT2D eigenvalue weighted by Crippen LogP contribution is -2.49. The molecule has 3 rings (SSSR count). The molecule has 1 aliphatic rings. The number of carbonyl (C=O) groups is 3. The molecule has 26 heavy (non-hydrogen) atoms. The predicted octanol–water partition coefficient (Wildman–Crippen LogP) is 2.77. The number of halogens is 1. The van der Waals surface area contributed by atoms with Crippen molar-refractivity contribution in [3.8, 4) is 0 Å². The van der Waals surface area contributed by atoms with Gasteiger partial charge in [0.15, 0.2) is 0 Å². The van der Waals surface area contributed by atoms with Crippen molar-refractivity contribution >= 4 is 29.4 Å². The second-order valence-corrected chi connectivity index (χ2v) is 6.41. The van der Waals surface area contributed by atoms with Crippen molar-refractivity contribution < 1.29 is 14.4 Å². The van der Waals surface area contributed by atoms with Crippen molar-refractivity contribution in [2.45, 2.75) is 25.3 Å². The molecule has 0 saturated carbocycles. The number of amides is 4. The Morgan fingerprint density at radius 2 is 1.77 bits per heavy atom. The first-order chi connectivity index (χ1) is 12.5. The summed E-state index contributed by atoms with van der Waals surface area (Å²) in [5.41, 5.74) is 2.49. The summed E-state index contributed by atoms with van der Waals surface area (Å²) < 4.78 is 0. The molecule has 134 valence electrons. The number of benzene rings is 2. The SMILES string of the molecule is CC[C@@]1(c2ccccc2)NC(=O)N(NC(=O)Cc2ccccc2Cl)C1=O. The summed E-state index contributed by atoms with van der Waals surface area (Å²) in [5, 5.41) is 3.91. The van der Waals surface area contributed by atoms with E-state index in [9.17, 15) is 14.4 Å². The third-order valence-electron chi connectivity index (χ3n) is 4.43. The van der Waals surface area contributed by atoms with Crippen LogP contribution in [0.25, 0.3) is 0 Å². The Bertz CT molecular complexity index is 856. The van der Waals surface area contributed by atoms with Gasteiger partial charge in [-0.2, -0.15) is 5.01 Å². The zero-order valence-corrected chi connectivity index (χ0v) is 14.9. The van der Waals surface area contributed by atoms with E-state index in [1.807, 2.05) is 6.07 Å². The first kappa shape index (κ1) is 17.9. The van der Waals surface area contributed by atoms with E-state index in [-0.39, 0.29) is 6.42 Å². The Morgan fingerprint density at radius 3 is 2.42 bits per heavy atom. The highest BCUT2D eigenvalue weighted by Gasteiger charge is 2.52. The number of hydrogen-bond acceptors (Lipinski definition) is 3. The van der Waals surface area contributed by atoms with Gasteiger partial charge in [-0.1, -0.05) is 67.1 Å². The van der Waals surface area contributed by atoms with E-state index < -0.39 is 23.4 Å². The van der Waals surface area contributed by atoms with E-state index >= 15 is 0 Å². The number of nitrogens with one attached hydrogen (secondary N) is 2. The molecule has 1 fully saturated rings. The third kappa shape index (κ3) is 3.15. The van der Waals surface area contributed by atoms with Crippen LogP contribution in [-0.4, -0.2) is 22.9 Å². The first-order valence-electron chi connectivity index (χ1n) is 8.23. The summed E-state index contributed by atoms with van der Waals surface area (Å²) >= 11 is 6.05. The molecule has 2 aromatic rings. The maximum absolute atomic E-state index is 12.9. The molecule has 0 aliphatic carbocycles. The highest BCUT2D eigenvalue weighted by atomic mass is 35.5. The third-order valence-corrected chi connectivity index (χ3v) is 4.80. The van der Waals surface area contributed by atoms with E-state index in [2.05, 4.69) is 10.7 Å². The average molecular weight is 372 g/mol.